The Bertz CT molecular complexity index is 242. The summed E-state index contributed by atoms with van der Waals surface area (Å²) >= 11 is -0.414. The minimum atomic E-state index is -1.95. The van der Waals surface area contributed by atoms with E-state index in [0.717, 1.165) is 11.1 Å². The fourth-order valence-electron chi connectivity index (χ4n) is 0.662. The lowest BCUT2D eigenvalue weighted by Gasteiger charge is -2.02. The largest absolute Gasteiger partial charge is 0.772 e. The highest BCUT2D eigenvalue weighted by Crippen LogP contribution is 2.14. The molecule has 0 bridgehead atoms. The molecule has 0 amide bonds. The van der Waals surface area contributed by atoms with Gasteiger partial charge in [0, 0.05) is 5.75 Å². The lowest BCUT2D eigenvalue weighted by Crippen LogP contribution is -1.92. The third-order valence-electron chi connectivity index (χ3n) is 1.23. The van der Waals surface area contributed by atoms with E-state index >= 15 is 0 Å². The second-order valence-electron chi connectivity index (χ2n) is 2.03. The summed E-state index contributed by atoms with van der Waals surface area (Å²) in [6.45, 7) is 1.92. The molecule has 10 heavy (non-hydrogen) atoms. The molecule has 56 valence electrons. The molecule has 1 unspecified atom stereocenters. The number of thiophene rings is 1. The molecular weight excluding hydrogens is 168 g/mol. The van der Waals surface area contributed by atoms with Crippen molar-refractivity contribution in [2.45, 2.75) is 12.7 Å². The van der Waals surface area contributed by atoms with Crippen molar-refractivity contribution in [1.29, 1.82) is 0 Å². The van der Waals surface area contributed by atoms with Gasteiger partial charge in [0.05, 0.1) is 0 Å². The first-order valence-corrected chi connectivity index (χ1v) is 4.96. The minimum absolute atomic E-state index is 0.148. The standard InChI is InChI=1S/C6H8O2S2/c1-5-2-9-3-6(5)4-10(7)8/h2-3H,4H2,1H3,(H,7,8)/p-1. The van der Waals surface area contributed by atoms with Gasteiger partial charge in [0.2, 0.25) is 0 Å². The molecule has 2 nitrogen and oxygen atoms in total. The molecule has 1 rings (SSSR count). The maximum Gasteiger partial charge on any atom is 0.0364 e. The zero-order valence-electron chi connectivity index (χ0n) is 5.49. The van der Waals surface area contributed by atoms with Gasteiger partial charge in [-0.1, -0.05) is 11.1 Å². The Morgan fingerprint density at radius 3 is 2.80 bits per heavy atom. The van der Waals surface area contributed by atoms with Gasteiger partial charge >= 0.3 is 0 Å². The maximum atomic E-state index is 10.2. The van der Waals surface area contributed by atoms with Gasteiger partial charge in [-0.3, -0.25) is 4.21 Å². The highest BCUT2D eigenvalue weighted by Gasteiger charge is 1.97. The third kappa shape index (κ3) is 1.90. The normalized spacial score (nSPS) is 13.4. The Kier molecular flexibility index (Phi) is 2.59. The molecule has 0 saturated carbocycles. The third-order valence-corrected chi connectivity index (χ3v) is 2.69. The van der Waals surface area contributed by atoms with Gasteiger partial charge in [-0.05, 0) is 28.8 Å². The van der Waals surface area contributed by atoms with Crippen molar-refractivity contribution in [2.24, 2.45) is 0 Å². The van der Waals surface area contributed by atoms with Crippen molar-refractivity contribution in [3.63, 3.8) is 0 Å². The first-order chi connectivity index (χ1) is 4.70. The fraction of sp³-hybridized carbons (Fsp3) is 0.333. The van der Waals surface area contributed by atoms with Crippen molar-refractivity contribution < 1.29 is 8.76 Å². The summed E-state index contributed by atoms with van der Waals surface area (Å²) in [5.41, 5.74) is 1.98. The first-order valence-electron chi connectivity index (χ1n) is 2.77. The van der Waals surface area contributed by atoms with Crippen LogP contribution in [0.1, 0.15) is 11.1 Å². The minimum Gasteiger partial charge on any atom is -0.772 e. The van der Waals surface area contributed by atoms with Gasteiger partial charge in [-0.15, -0.1) is 0 Å². The summed E-state index contributed by atoms with van der Waals surface area (Å²) in [6, 6.07) is 0. The smallest absolute Gasteiger partial charge is 0.0364 e. The molecule has 0 aliphatic heterocycles. The molecule has 0 aromatic carbocycles. The maximum absolute atomic E-state index is 10.2. The first kappa shape index (κ1) is 7.91. The van der Waals surface area contributed by atoms with Gasteiger partial charge in [-0.2, -0.15) is 11.3 Å². The van der Waals surface area contributed by atoms with E-state index in [9.17, 15) is 8.76 Å². The quantitative estimate of drug-likeness (QED) is 0.638. The van der Waals surface area contributed by atoms with Crippen molar-refractivity contribution in [1.82, 2.24) is 0 Å². The van der Waals surface area contributed by atoms with Crippen molar-refractivity contribution in [2.75, 3.05) is 0 Å². The van der Waals surface area contributed by atoms with E-state index in [1.807, 2.05) is 17.7 Å². The molecule has 0 fully saturated rings. The van der Waals surface area contributed by atoms with Crippen LogP contribution in [0.25, 0.3) is 0 Å². The Labute approximate surface area is 66.2 Å². The van der Waals surface area contributed by atoms with Crippen molar-refractivity contribution >= 4 is 22.4 Å². The molecule has 1 aromatic heterocycles. The molecule has 0 aliphatic carbocycles. The van der Waals surface area contributed by atoms with E-state index < -0.39 is 11.1 Å². The number of hydrogen-bond acceptors (Lipinski definition) is 3. The Balaban J connectivity index is 2.74. The highest BCUT2D eigenvalue weighted by atomic mass is 32.2. The molecular formula is C6H7O2S2-. The molecule has 0 spiro atoms. The second kappa shape index (κ2) is 3.27. The molecule has 0 aliphatic rings. The molecule has 0 saturated heterocycles. The predicted octanol–water partition coefficient (Wildman–Crippen LogP) is 1.44. The monoisotopic (exact) mass is 175 g/mol. The van der Waals surface area contributed by atoms with Gasteiger partial charge in [0.25, 0.3) is 0 Å². The topological polar surface area (TPSA) is 40.1 Å². The lowest BCUT2D eigenvalue weighted by molar-refractivity contribution is 0.536. The van der Waals surface area contributed by atoms with E-state index in [1.54, 1.807) is 0 Å². The van der Waals surface area contributed by atoms with Gasteiger partial charge < -0.3 is 4.55 Å². The van der Waals surface area contributed by atoms with E-state index in [4.69, 9.17) is 0 Å². The zero-order valence-corrected chi connectivity index (χ0v) is 7.13. The summed E-state index contributed by atoms with van der Waals surface area (Å²) in [5, 5.41) is 3.81. The average molecular weight is 175 g/mol. The van der Waals surface area contributed by atoms with Crippen LogP contribution in [0.3, 0.4) is 0 Å². The summed E-state index contributed by atoms with van der Waals surface area (Å²) < 4.78 is 20.4. The molecule has 0 N–H and O–H groups in total. The van der Waals surface area contributed by atoms with E-state index in [0.29, 0.717) is 0 Å². The molecule has 1 aromatic rings. The number of rotatable bonds is 2. The molecule has 1 atom stereocenters. The van der Waals surface area contributed by atoms with Crippen LogP contribution in [0.2, 0.25) is 0 Å². The van der Waals surface area contributed by atoms with Crippen LogP contribution in [0, 0.1) is 6.92 Å². The number of aryl methyl sites for hydroxylation is 1. The molecule has 0 radical (unpaired) electrons. The average Bonchev–Trinajstić information content (AvgIpc) is 2.15. The van der Waals surface area contributed by atoms with Crippen molar-refractivity contribution in [3.8, 4) is 0 Å². The van der Waals surface area contributed by atoms with Crippen LogP contribution in [-0.2, 0) is 16.8 Å². The Morgan fingerprint density at radius 2 is 2.40 bits per heavy atom. The highest BCUT2D eigenvalue weighted by molar-refractivity contribution is 7.78. The summed E-state index contributed by atoms with van der Waals surface area (Å²) in [6.07, 6.45) is 0. The van der Waals surface area contributed by atoms with E-state index in [-0.39, 0.29) is 5.75 Å². The van der Waals surface area contributed by atoms with Crippen molar-refractivity contribution in [3.05, 3.63) is 21.9 Å². The second-order valence-corrected chi connectivity index (χ2v) is 3.67. The lowest BCUT2D eigenvalue weighted by atomic mass is 10.2. The van der Waals surface area contributed by atoms with E-state index in [2.05, 4.69) is 0 Å². The SMILES string of the molecule is Cc1cscc1CS(=O)[O-]. The predicted molar refractivity (Wildman–Crippen MR) is 41.7 cm³/mol. The Morgan fingerprint density at radius 1 is 1.70 bits per heavy atom. The molecule has 4 heteroatoms. The fourth-order valence-corrected chi connectivity index (χ4v) is 2.19. The molecule has 1 heterocycles. The van der Waals surface area contributed by atoms with Crippen LogP contribution in [-0.4, -0.2) is 8.76 Å². The van der Waals surface area contributed by atoms with E-state index in [1.165, 1.54) is 11.3 Å². The van der Waals surface area contributed by atoms with Gasteiger partial charge in [0.1, 0.15) is 0 Å². The van der Waals surface area contributed by atoms with Gasteiger partial charge in [-0.25, -0.2) is 0 Å². The van der Waals surface area contributed by atoms with Crippen LogP contribution in [0.15, 0.2) is 10.8 Å². The Hall–Kier alpha value is -0.190. The zero-order chi connectivity index (χ0) is 7.56. The van der Waals surface area contributed by atoms with Gasteiger partial charge in [0.15, 0.2) is 0 Å². The van der Waals surface area contributed by atoms with Crippen LogP contribution < -0.4 is 0 Å². The summed E-state index contributed by atoms with van der Waals surface area (Å²) in [5.74, 6) is 0.148. The van der Waals surface area contributed by atoms with Crippen LogP contribution in [0.4, 0.5) is 0 Å². The summed E-state index contributed by atoms with van der Waals surface area (Å²) in [4.78, 5) is 0. The van der Waals surface area contributed by atoms with Crippen LogP contribution in [0.5, 0.6) is 0 Å². The number of hydrogen-bond donors (Lipinski definition) is 0. The summed E-state index contributed by atoms with van der Waals surface area (Å²) in [7, 11) is 0. The van der Waals surface area contributed by atoms with Crippen LogP contribution >= 0.6 is 11.3 Å².